The van der Waals surface area contributed by atoms with Gasteiger partial charge < -0.3 is 10.2 Å². The number of nitrogens with zero attached hydrogens (tertiary/aromatic N) is 4. The van der Waals surface area contributed by atoms with Gasteiger partial charge in [-0.3, -0.25) is 9.69 Å². The maximum absolute atomic E-state index is 12.4. The molecule has 0 saturated carbocycles. The Morgan fingerprint density at radius 1 is 1.25 bits per heavy atom. The summed E-state index contributed by atoms with van der Waals surface area (Å²) in [7, 11) is 1.69. The van der Waals surface area contributed by atoms with Crippen LogP contribution >= 0.6 is 0 Å². The number of aryl methyl sites for hydroxylation is 1. The van der Waals surface area contributed by atoms with Crippen LogP contribution in [-0.2, 0) is 11.3 Å². The van der Waals surface area contributed by atoms with E-state index in [2.05, 4.69) is 37.2 Å². The molecule has 1 aliphatic rings. The van der Waals surface area contributed by atoms with Gasteiger partial charge in [0.1, 0.15) is 18.2 Å². The van der Waals surface area contributed by atoms with Gasteiger partial charge >= 0.3 is 0 Å². The SMILES string of the molecule is CNC(=O)[C@H]1CN(c2cc(C)ncn2)CCN1Cc1ccccc1. The second-order valence-electron chi connectivity index (χ2n) is 6.05. The molecule has 1 fully saturated rings. The Morgan fingerprint density at radius 3 is 2.75 bits per heavy atom. The fourth-order valence-corrected chi connectivity index (χ4v) is 3.06. The van der Waals surface area contributed by atoms with E-state index >= 15 is 0 Å². The Balaban J connectivity index is 1.77. The molecule has 24 heavy (non-hydrogen) atoms. The minimum absolute atomic E-state index is 0.0430. The fourth-order valence-electron chi connectivity index (χ4n) is 3.06. The molecule has 0 bridgehead atoms. The molecule has 0 aliphatic carbocycles. The smallest absolute Gasteiger partial charge is 0.238 e. The highest BCUT2D eigenvalue weighted by Gasteiger charge is 2.32. The monoisotopic (exact) mass is 325 g/mol. The molecule has 0 radical (unpaired) electrons. The van der Waals surface area contributed by atoms with Crippen molar-refractivity contribution in [2.24, 2.45) is 0 Å². The number of rotatable bonds is 4. The average molecular weight is 325 g/mol. The lowest BCUT2D eigenvalue weighted by molar-refractivity contribution is -0.126. The zero-order valence-corrected chi connectivity index (χ0v) is 14.1. The number of anilines is 1. The normalized spacial score (nSPS) is 18.4. The van der Waals surface area contributed by atoms with Crippen molar-refractivity contribution in [2.45, 2.75) is 19.5 Å². The molecular formula is C18H23N5O. The van der Waals surface area contributed by atoms with Crippen molar-refractivity contribution >= 4 is 11.7 Å². The summed E-state index contributed by atoms with van der Waals surface area (Å²) in [6.45, 7) is 5.01. The van der Waals surface area contributed by atoms with Crippen LogP contribution in [0.5, 0.6) is 0 Å². The Labute approximate surface area is 142 Å². The van der Waals surface area contributed by atoms with Gasteiger partial charge in [0.25, 0.3) is 0 Å². The molecule has 0 unspecified atom stereocenters. The molecule has 126 valence electrons. The van der Waals surface area contributed by atoms with Crippen molar-refractivity contribution in [3.8, 4) is 0 Å². The van der Waals surface area contributed by atoms with Crippen molar-refractivity contribution in [3.05, 3.63) is 54.0 Å². The molecule has 3 rings (SSSR count). The molecular weight excluding hydrogens is 302 g/mol. The molecule has 1 amide bonds. The number of likely N-dealkylation sites (N-methyl/N-ethyl adjacent to an activating group) is 1. The number of benzene rings is 1. The van der Waals surface area contributed by atoms with Crippen LogP contribution in [0.1, 0.15) is 11.3 Å². The Hall–Kier alpha value is -2.47. The van der Waals surface area contributed by atoms with E-state index < -0.39 is 0 Å². The van der Waals surface area contributed by atoms with Crippen LogP contribution < -0.4 is 10.2 Å². The number of carbonyl (C=O) groups is 1. The minimum Gasteiger partial charge on any atom is -0.358 e. The van der Waals surface area contributed by atoms with E-state index in [9.17, 15) is 4.79 Å². The standard InChI is InChI=1S/C18H23N5O/c1-14-10-17(21-13-20-14)23-9-8-22(16(12-23)18(24)19-2)11-15-6-4-3-5-7-15/h3-7,10,13,16H,8-9,11-12H2,1-2H3,(H,19,24)/t16-/m1/s1. The fraction of sp³-hybridized carbons (Fsp3) is 0.389. The van der Waals surface area contributed by atoms with Crippen molar-refractivity contribution < 1.29 is 4.79 Å². The molecule has 6 heteroatoms. The number of hydrogen-bond acceptors (Lipinski definition) is 5. The lowest BCUT2D eigenvalue weighted by Gasteiger charge is -2.41. The zero-order valence-electron chi connectivity index (χ0n) is 14.1. The predicted molar refractivity (Wildman–Crippen MR) is 93.7 cm³/mol. The summed E-state index contributed by atoms with van der Waals surface area (Å²) in [4.78, 5) is 25.3. The first kappa shape index (κ1) is 16.4. The van der Waals surface area contributed by atoms with Gasteiger partial charge in [-0.15, -0.1) is 0 Å². The van der Waals surface area contributed by atoms with Crippen LogP contribution in [0.4, 0.5) is 5.82 Å². The molecule has 1 atom stereocenters. The third-order valence-electron chi connectivity index (χ3n) is 4.38. The van der Waals surface area contributed by atoms with Gasteiger partial charge in [-0.2, -0.15) is 0 Å². The quantitative estimate of drug-likeness (QED) is 0.916. The van der Waals surface area contributed by atoms with Crippen LogP contribution in [0.2, 0.25) is 0 Å². The highest BCUT2D eigenvalue weighted by Crippen LogP contribution is 2.19. The second kappa shape index (κ2) is 7.40. The Bertz CT molecular complexity index is 691. The summed E-state index contributed by atoms with van der Waals surface area (Å²) < 4.78 is 0. The maximum atomic E-state index is 12.4. The van der Waals surface area contributed by atoms with Crippen molar-refractivity contribution in [2.75, 3.05) is 31.6 Å². The summed E-state index contributed by atoms with van der Waals surface area (Å²) in [5, 5.41) is 2.79. The first-order chi connectivity index (χ1) is 11.7. The van der Waals surface area contributed by atoms with E-state index in [0.29, 0.717) is 6.54 Å². The maximum Gasteiger partial charge on any atom is 0.238 e. The minimum atomic E-state index is -0.195. The largest absolute Gasteiger partial charge is 0.358 e. The number of aromatic nitrogens is 2. The number of amides is 1. The first-order valence-corrected chi connectivity index (χ1v) is 8.20. The first-order valence-electron chi connectivity index (χ1n) is 8.20. The van der Waals surface area contributed by atoms with Crippen LogP contribution in [0.25, 0.3) is 0 Å². The highest BCUT2D eigenvalue weighted by molar-refractivity contribution is 5.82. The van der Waals surface area contributed by atoms with E-state index in [1.54, 1.807) is 13.4 Å². The molecule has 1 aromatic carbocycles. The van der Waals surface area contributed by atoms with Gasteiger partial charge in [0, 0.05) is 45.0 Å². The molecule has 1 N–H and O–H groups in total. The van der Waals surface area contributed by atoms with Gasteiger partial charge in [-0.1, -0.05) is 30.3 Å². The van der Waals surface area contributed by atoms with Crippen LogP contribution in [0, 0.1) is 6.92 Å². The molecule has 1 saturated heterocycles. The summed E-state index contributed by atoms with van der Waals surface area (Å²) in [6.07, 6.45) is 1.58. The van der Waals surface area contributed by atoms with Crippen molar-refractivity contribution in [1.82, 2.24) is 20.2 Å². The molecule has 1 aliphatic heterocycles. The van der Waals surface area contributed by atoms with Gasteiger partial charge in [0.15, 0.2) is 0 Å². The van der Waals surface area contributed by atoms with E-state index in [4.69, 9.17) is 0 Å². The van der Waals surface area contributed by atoms with E-state index in [1.165, 1.54) is 5.56 Å². The van der Waals surface area contributed by atoms with Gasteiger partial charge in [0.05, 0.1) is 0 Å². The zero-order chi connectivity index (χ0) is 16.9. The van der Waals surface area contributed by atoms with Crippen LogP contribution in [0.3, 0.4) is 0 Å². The van der Waals surface area contributed by atoms with E-state index in [1.807, 2.05) is 31.2 Å². The second-order valence-corrected chi connectivity index (χ2v) is 6.05. The molecule has 2 heterocycles. The predicted octanol–water partition coefficient (Wildman–Crippen LogP) is 1.22. The van der Waals surface area contributed by atoms with Gasteiger partial charge in [-0.25, -0.2) is 9.97 Å². The van der Waals surface area contributed by atoms with Crippen molar-refractivity contribution in [3.63, 3.8) is 0 Å². The molecule has 6 nitrogen and oxygen atoms in total. The lowest BCUT2D eigenvalue weighted by atomic mass is 10.1. The molecule has 2 aromatic rings. The van der Waals surface area contributed by atoms with E-state index in [0.717, 1.165) is 31.1 Å². The van der Waals surface area contributed by atoms with Gasteiger partial charge in [-0.05, 0) is 12.5 Å². The number of nitrogens with one attached hydrogen (secondary N) is 1. The Morgan fingerprint density at radius 2 is 2.04 bits per heavy atom. The number of piperazine rings is 1. The molecule has 0 spiro atoms. The van der Waals surface area contributed by atoms with Crippen molar-refractivity contribution in [1.29, 1.82) is 0 Å². The lowest BCUT2D eigenvalue weighted by Crippen LogP contribution is -2.58. The summed E-state index contributed by atoms with van der Waals surface area (Å²) >= 11 is 0. The van der Waals surface area contributed by atoms with Crippen LogP contribution in [0.15, 0.2) is 42.7 Å². The van der Waals surface area contributed by atoms with E-state index in [-0.39, 0.29) is 11.9 Å². The highest BCUT2D eigenvalue weighted by atomic mass is 16.2. The third kappa shape index (κ3) is 3.71. The van der Waals surface area contributed by atoms with Gasteiger partial charge in [0.2, 0.25) is 5.91 Å². The topological polar surface area (TPSA) is 61.4 Å². The summed E-state index contributed by atoms with van der Waals surface area (Å²) in [5.74, 6) is 0.928. The number of hydrogen-bond donors (Lipinski definition) is 1. The summed E-state index contributed by atoms with van der Waals surface area (Å²) in [5.41, 5.74) is 2.15. The summed E-state index contributed by atoms with van der Waals surface area (Å²) in [6, 6.07) is 12.0. The third-order valence-corrected chi connectivity index (χ3v) is 4.38. The molecule has 1 aromatic heterocycles. The van der Waals surface area contributed by atoms with Crippen LogP contribution in [-0.4, -0.2) is 53.5 Å². The number of carbonyl (C=O) groups excluding carboxylic acids is 1. The average Bonchev–Trinajstić information content (AvgIpc) is 2.62. The Kier molecular flexibility index (Phi) is 5.05.